The molecule has 4 rings (SSSR count). The molecule has 2 atom stereocenters. The summed E-state index contributed by atoms with van der Waals surface area (Å²) in [6, 6.07) is 7.23. The molecule has 1 fully saturated rings. The number of rotatable bonds is 4. The summed E-state index contributed by atoms with van der Waals surface area (Å²) in [4.78, 5) is 7.15. The molecule has 3 heterocycles. The van der Waals surface area contributed by atoms with E-state index in [4.69, 9.17) is 0 Å². The summed E-state index contributed by atoms with van der Waals surface area (Å²) in [6.07, 6.45) is -0.412. The molecule has 2 aromatic heterocycles. The zero-order chi connectivity index (χ0) is 21.5. The van der Waals surface area contributed by atoms with Crippen LogP contribution in [0.1, 0.15) is 18.9 Å². The Kier molecular flexibility index (Phi) is 5.23. The fraction of sp³-hybridized carbons (Fsp3) is 0.350. The second kappa shape index (κ2) is 7.59. The number of aromatic amines is 1. The maximum atomic E-state index is 13.0. The van der Waals surface area contributed by atoms with E-state index in [1.165, 1.54) is 4.31 Å². The molecule has 0 radical (unpaired) electrons. The van der Waals surface area contributed by atoms with Gasteiger partial charge in [-0.1, -0.05) is 6.92 Å². The highest BCUT2D eigenvalue weighted by atomic mass is 32.2. The van der Waals surface area contributed by atoms with Gasteiger partial charge in [0.15, 0.2) is 0 Å². The molecule has 160 valence electrons. The summed E-state index contributed by atoms with van der Waals surface area (Å²) in [5.74, 6) is 0.214. The third-order valence-electron chi connectivity index (χ3n) is 5.54. The van der Waals surface area contributed by atoms with Gasteiger partial charge in [-0.25, -0.2) is 13.4 Å². The predicted octanol–water partition coefficient (Wildman–Crippen LogP) is 4.09. The van der Waals surface area contributed by atoms with Crippen molar-refractivity contribution >= 4 is 26.7 Å². The number of nitrogens with one attached hydrogen (secondary N) is 2. The first kappa shape index (κ1) is 20.7. The van der Waals surface area contributed by atoms with Gasteiger partial charge in [0.1, 0.15) is 5.65 Å². The molecule has 1 aromatic carbocycles. The number of piperidine rings is 1. The molecule has 1 saturated heterocycles. The highest BCUT2D eigenvalue weighted by Gasteiger charge is 2.35. The van der Waals surface area contributed by atoms with Crippen LogP contribution < -0.4 is 5.32 Å². The molecule has 1 aliphatic heterocycles. The number of halogens is 3. The maximum absolute atomic E-state index is 13.0. The molecular formula is C20H21F3N4O2S. The molecule has 1 aliphatic rings. The van der Waals surface area contributed by atoms with E-state index in [1.807, 2.05) is 12.1 Å². The summed E-state index contributed by atoms with van der Waals surface area (Å²) in [7, 11) is -3.90. The van der Waals surface area contributed by atoms with Crippen molar-refractivity contribution in [2.24, 2.45) is 5.92 Å². The molecule has 0 saturated carbocycles. The highest BCUT2D eigenvalue weighted by molar-refractivity contribution is 7.89. The van der Waals surface area contributed by atoms with Gasteiger partial charge in [-0.3, -0.25) is 0 Å². The molecule has 0 bridgehead atoms. The number of sulfonamides is 1. The van der Waals surface area contributed by atoms with E-state index in [0.29, 0.717) is 13.0 Å². The Labute approximate surface area is 172 Å². The van der Waals surface area contributed by atoms with Gasteiger partial charge < -0.3 is 10.3 Å². The third kappa shape index (κ3) is 3.89. The second-order valence-electron chi connectivity index (χ2n) is 7.50. The Morgan fingerprint density at radius 1 is 1.17 bits per heavy atom. The van der Waals surface area contributed by atoms with E-state index in [0.717, 1.165) is 41.0 Å². The summed E-state index contributed by atoms with van der Waals surface area (Å²) >= 11 is 0. The number of benzene rings is 1. The molecule has 0 aliphatic carbocycles. The minimum absolute atomic E-state index is 0.138. The molecule has 0 spiro atoms. The van der Waals surface area contributed by atoms with Gasteiger partial charge in [0.05, 0.1) is 10.5 Å². The van der Waals surface area contributed by atoms with Crippen molar-refractivity contribution in [3.8, 4) is 0 Å². The Balaban J connectivity index is 1.55. The van der Waals surface area contributed by atoms with Crippen molar-refractivity contribution in [3.05, 3.63) is 54.4 Å². The molecule has 0 unspecified atom stereocenters. The van der Waals surface area contributed by atoms with Crippen LogP contribution in [-0.4, -0.2) is 41.8 Å². The Morgan fingerprint density at radius 3 is 2.60 bits per heavy atom. The van der Waals surface area contributed by atoms with Crippen LogP contribution in [0.15, 0.2) is 53.7 Å². The average molecular weight is 438 g/mol. The summed E-state index contributed by atoms with van der Waals surface area (Å²) in [6.45, 7) is 2.59. The number of hydrogen-bond acceptors (Lipinski definition) is 4. The zero-order valence-corrected chi connectivity index (χ0v) is 17.0. The van der Waals surface area contributed by atoms with Crippen molar-refractivity contribution in [3.63, 3.8) is 0 Å². The van der Waals surface area contributed by atoms with Crippen LogP contribution in [0.25, 0.3) is 11.0 Å². The number of H-pyrrole nitrogens is 1. The minimum atomic E-state index is -4.51. The van der Waals surface area contributed by atoms with Crippen molar-refractivity contribution in [1.82, 2.24) is 14.3 Å². The van der Waals surface area contributed by atoms with Crippen LogP contribution in [0.5, 0.6) is 0 Å². The van der Waals surface area contributed by atoms with Crippen LogP contribution in [0.4, 0.5) is 18.9 Å². The van der Waals surface area contributed by atoms with Crippen molar-refractivity contribution < 1.29 is 21.6 Å². The number of anilines is 1. The van der Waals surface area contributed by atoms with E-state index < -0.39 is 21.8 Å². The van der Waals surface area contributed by atoms with Gasteiger partial charge in [-0.15, -0.1) is 0 Å². The van der Waals surface area contributed by atoms with Crippen molar-refractivity contribution in [1.29, 1.82) is 0 Å². The van der Waals surface area contributed by atoms with E-state index in [9.17, 15) is 21.6 Å². The number of alkyl halides is 3. The monoisotopic (exact) mass is 438 g/mol. The normalized spacial score (nSPS) is 21.1. The lowest BCUT2D eigenvalue weighted by molar-refractivity contribution is -0.137. The smallest absolute Gasteiger partial charge is 0.380 e. The molecule has 0 amide bonds. The van der Waals surface area contributed by atoms with Crippen molar-refractivity contribution in [2.75, 3.05) is 18.4 Å². The fourth-order valence-electron chi connectivity index (χ4n) is 3.70. The van der Waals surface area contributed by atoms with Gasteiger partial charge in [-0.05, 0) is 48.7 Å². The molecule has 10 heteroatoms. The Bertz CT molecular complexity index is 1140. The highest BCUT2D eigenvalue weighted by Crippen LogP contribution is 2.32. The van der Waals surface area contributed by atoms with Crippen LogP contribution in [-0.2, 0) is 16.2 Å². The SMILES string of the molecule is C[C@@H]1CCN(S(=O)(=O)c2ccc(C(F)(F)F)cc2)C[C@@H]1Nc1ccnc2[nH]ccc12. The Morgan fingerprint density at radius 2 is 1.90 bits per heavy atom. The second-order valence-corrected chi connectivity index (χ2v) is 9.44. The van der Waals surface area contributed by atoms with Crippen LogP contribution in [0.3, 0.4) is 0 Å². The number of pyridine rings is 1. The Hall–Kier alpha value is -2.59. The first-order valence-corrected chi connectivity index (χ1v) is 11.0. The standard InChI is InChI=1S/C20H21F3N4O2S/c1-13-8-11-27(30(28,29)15-4-2-14(3-5-15)20(21,22)23)12-18(13)26-17-7-10-25-19-16(17)6-9-24-19/h2-7,9-10,13,18H,8,11-12H2,1H3,(H2,24,25,26)/t13-,18+/m1/s1. The van der Waals surface area contributed by atoms with Gasteiger partial charge in [0.2, 0.25) is 10.0 Å². The third-order valence-corrected chi connectivity index (χ3v) is 7.42. The molecule has 30 heavy (non-hydrogen) atoms. The summed E-state index contributed by atoms with van der Waals surface area (Å²) in [5, 5.41) is 4.34. The lowest BCUT2D eigenvalue weighted by Gasteiger charge is -2.37. The minimum Gasteiger partial charge on any atom is -0.380 e. The molecular weight excluding hydrogens is 417 g/mol. The van der Waals surface area contributed by atoms with Gasteiger partial charge in [0.25, 0.3) is 0 Å². The first-order valence-electron chi connectivity index (χ1n) is 9.52. The average Bonchev–Trinajstić information content (AvgIpc) is 3.19. The molecule has 3 aromatic rings. The molecule has 2 N–H and O–H groups in total. The summed E-state index contributed by atoms with van der Waals surface area (Å²) in [5.41, 5.74) is 0.714. The maximum Gasteiger partial charge on any atom is 0.416 e. The number of fused-ring (bicyclic) bond motifs is 1. The van der Waals surface area contributed by atoms with E-state index in [-0.39, 0.29) is 23.4 Å². The number of aromatic nitrogens is 2. The first-order chi connectivity index (χ1) is 14.2. The lowest BCUT2D eigenvalue weighted by Crippen LogP contribution is -2.48. The number of nitrogens with zero attached hydrogens (tertiary/aromatic N) is 2. The van der Waals surface area contributed by atoms with Crippen LogP contribution >= 0.6 is 0 Å². The van der Waals surface area contributed by atoms with Gasteiger partial charge in [0, 0.05) is 42.6 Å². The van der Waals surface area contributed by atoms with E-state index in [2.05, 4.69) is 22.2 Å². The van der Waals surface area contributed by atoms with Gasteiger partial charge in [-0.2, -0.15) is 17.5 Å². The van der Waals surface area contributed by atoms with E-state index in [1.54, 1.807) is 12.4 Å². The lowest BCUT2D eigenvalue weighted by atomic mass is 9.94. The molecule has 6 nitrogen and oxygen atoms in total. The largest absolute Gasteiger partial charge is 0.416 e. The van der Waals surface area contributed by atoms with Crippen LogP contribution in [0, 0.1) is 5.92 Å². The summed E-state index contributed by atoms with van der Waals surface area (Å²) < 4.78 is 65.7. The fourth-order valence-corrected chi connectivity index (χ4v) is 5.18. The predicted molar refractivity (Wildman–Crippen MR) is 107 cm³/mol. The van der Waals surface area contributed by atoms with Gasteiger partial charge >= 0.3 is 6.18 Å². The zero-order valence-electron chi connectivity index (χ0n) is 16.1. The topological polar surface area (TPSA) is 78.1 Å². The number of hydrogen-bond donors (Lipinski definition) is 2. The van der Waals surface area contributed by atoms with Crippen LogP contribution in [0.2, 0.25) is 0 Å². The van der Waals surface area contributed by atoms with Crippen molar-refractivity contribution in [2.45, 2.75) is 30.5 Å². The van der Waals surface area contributed by atoms with E-state index >= 15 is 0 Å². The quantitative estimate of drug-likeness (QED) is 0.643.